The molecule has 36 heavy (non-hydrogen) atoms. The highest BCUT2D eigenvalue weighted by molar-refractivity contribution is 7.88. The summed E-state index contributed by atoms with van der Waals surface area (Å²) in [5.74, 6) is -0.0763. The molecule has 0 bridgehead atoms. The first-order chi connectivity index (χ1) is 17.2. The van der Waals surface area contributed by atoms with E-state index in [1.807, 2.05) is 19.1 Å². The molecule has 0 radical (unpaired) electrons. The Labute approximate surface area is 215 Å². The van der Waals surface area contributed by atoms with Crippen molar-refractivity contribution >= 4 is 27.4 Å². The molecule has 1 aromatic carbocycles. The number of rotatable bonds is 4. The second-order valence-corrected chi connectivity index (χ2v) is 12.0. The lowest BCUT2D eigenvalue weighted by Crippen LogP contribution is -2.47. The number of carbonyl (C=O) groups excluding carboxylic acids is 2. The molecule has 8 heteroatoms. The third-order valence-electron chi connectivity index (χ3n) is 7.46. The topological polar surface area (TPSA) is 86.8 Å². The zero-order chi connectivity index (χ0) is 25.9. The molecule has 194 valence electrons. The van der Waals surface area contributed by atoms with E-state index in [-0.39, 0.29) is 24.3 Å². The van der Waals surface area contributed by atoms with E-state index in [1.54, 1.807) is 4.31 Å². The molecule has 1 fully saturated rings. The predicted octanol–water partition coefficient (Wildman–Crippen LogP) is 3.77. The van der Waals surface area contributed by atoms with E-state index in [0.29, 0.717) is 37.1 Å². The molecule has 0 aromatic heterocycles. The highest BCUT2D eigenvalue weighted by Crippen LogP contribution is 2.31. The molecular formula is C28H37N3O4S. The molecule has 1 N–H and O–H groups in total. The van der Waals surface area contributed by atoms with Crippen molar-refractivity contribution in [1.82, 2.24) is 9.62 Å². The zero-order valence-corrected chi connectivity index (χ0v) is 22.4. The van der Waals surface area contributed by atoms with E-state index in [4.69, 9.17) is 0 Å². The second-order valence-electron chi connectivity index (χ2n) is 9.97. The van der Waals surface area contributed by atoms with Crippen LogP contribution in [0.15, 0.2) is 53.1 Å². The van der Waals surface area contributed by atoms with Gasteiger partial charge in [-0.3, -0.25) is 9.59 Å². The van der Waals surface area contributed by atoms with Gasteiger partial charge in [0.1, 0.15) is 0 Å². The standard InChI is InChI=1S/C28H37N3O4S/c1-4-31(22-13-15-30(16-14-22)36(3,34)35)26-12-8-11-24-23(26)10-7-5-6-9-21-17-20(2)18-27(32)25(21)19-29-28(24)33/h5,7-8,11-12,17,22H,4,6,9-10,13-16,18-19H2,1-3H3,(H,29,33)/b7-5+. The minimum Gasteiger partial charge on any atom is -0.368 e. The molecule has 3 aliphatic rings. The van der Waals surface area contributed by atoms with Gasteiger partial charge < -0.3 is 10.2 Å². The quantitative estimate of drug-likeness (QED) is 0.622. The van der Waals surface area contributed by atoms with Crippen LogP contribution in [0.3, 0.4) is 0 Å². The molecule has 1 amide bonds. The summed E-state index contributed by atoms with van der Waals surface area (Å²) in [7, 11) is -3.18. The van der Waals surface area contributed by atoms with Crippen molar-refractivity contribution in [2.75, 3.05) is 37.3 Å². The zero-order valence-electron chi connectivity index (χ0n) is 21.5. The number of fused-ring (bicyclic) bond motifs is 1. The van der Waals surface area contributed by atoms with Gasteiger partial charge in [0.2, 0.25) is 10.0 Å². The number of allylic oxidation sites excluding steroid dienone is 5. The van der Waals surface area contributed by atoms with Crippen LogP contribution in [0.25, 0.3) is 0 Å². The molecule has 1 aliphatic carbocycles. The molecule has 2 heterocycles. The van der Waals surface area contributed by atoms with Crippen LogP contribution in [0, 0.1) is 0 Å². The Balaban J connectivity index is 1.63. The number of amides is 1. The molecule has 4 rings (SSSR count). The summed E-state index contributed by atoms with van der Waals surface area (Å²) in [4.78, 5) is 28.4. The molecular weight excluding hydrogens is 474 g/mol. The number of hydrogen-bond donors (Lipinski definition) is 1. The third kappa shape index (κ3) is 5.81. The highest BCUT2D eigenvalue weighted by atomic mass is 32.2. The Morgan fingerprint density at radius 3 is 2.58 bits per heavy atom. The molecule has 0 unspecified atom stereocenters. The fourth-order valence-corrected chi connectivity index (χ4v) is 6.49. The highest BCUT2D eigenvalue weighted by Gasteiger charge is 2.30. The first kappa shape index (κ1) is 26.4. The molecule has 1 saturated heterocycles. The number of carbonyl (C=O) groups is 2. The molecule has 1 aromatic rings. The van der Waals surface area contributed by atoms with Crippen LogP contribution in [-0.4, -0.2) is 62.9 Å². The SMILES string of the molecule is CCN(c1cccc2c1C/C=C/CCC1=C(CNC2=O)C(=O)CC(C)=C1)C1CCN(S(C)(=O)=O)CC1. The summed E-state index contributed by atoms with van der Waals surface area (Å²) in [5.41, 5.74) is 5.44. The number of benzene rings is 1. The van der Waals surface area contributed by atoms with E-state index >= 15 is 0 Å². The van der Waals surface area contributed by atoms with Crippen molar-refractivity contribution in [3.63, 3.8) is 0 Å². The second kappa shape index (κ2) is 11.1. The van der Waals surface area contributed by atoms with Crippen molar-refractivity contribution in [2.24, 2.45) is 0 Å². The Morgan fingerprint density at radius 2 is 1.89 bits per heavy atom. The van der Waals surface area contributed by atoms with E-state index in [2.05, 4.69) is 41.4 Å². The number of nitrogens with one attached hydrogen (secondary N) is 1. The number of anilines is 1. The van der Waals surface area contributed by atoms with Gasteiger partial charge >= 0.3 is 0 Å². The van der Waals surface area contributed by atoms with Gasteiger partial charge in [0.05, 0.1) is 6.26 Å². The summed E-state index contributed by atoms with van der Waals surface area (Å²) in [6, 6.07) is 6.04. The first-order valence-electron chi connectivity index (χ1n) is 12.9. The van der Waals surface area contributed by atoms with Crippen LogP contribution in [0.2, 0.25) is 0 Å². The van der Waals surface area contributed by atoms with E-state index in [0.717, 1.165) is 54.6 Å². The predicted molar refractivity (Wildman–Crippen MR) is 144 cm³/mol. The lowest BCUT2D eigenvalue weighted by Gasteiger charge is -2.39. The van der Waals surface area contributed by atoms with Crippen LogP contribution in [0.5, 0.6) is 0 Å². The Kier molecular flexibility index (Phi) is 8.15. The number of nitrogens with zero attached hydrogens (tertiary/aromatic N) is 2. The van der Waals surface area contributed by atoms with Crippen molar-refractivity contribution in [3.8, 4) is 0 Å². The van der Waals surface area contributed by atoms with Gasteiger partial charge in [0.15, 0.2) is 5.78 Å². The van der Waals surface area contributed by atoms with Gasteiger partial charge in [-0.05, 0) is 69.2 Å². The summed E-state index contributed by atoms with van der Waals surface area (Å²) in [5, 5.41) is 3.02. The van der Waals surface area contributed by atoms with E-state index < -0.39 is 10.0 Å². The van der Waals surface area contributed by atoms with Gasteiger partial charge in [-0.25, -0.2) is 12.7 Å². The van der Waals surface area contributed by atoms with Gasteiger partial charge in [-0.1, -0.05) is 29.9 Å². The van der Waals surface area contributed by atoms with Crippen molar-refractivity contribution < 1.29 is 18.0 Å². The number of Topliss-reactive ketones (excluding diaryl/α,β-unsaturated/α-hetero) is 1. The average molecular weight is 512 g/mol. The van der Waals surface area contributed by atoms with Gasteiger partial charge in [-0.2, -0.15) is 0 Å². The smallest absolute Gasteiger partial charge is 0.251 e. The summed E-state index contributed by atoms with van der Waals surface area (Å²) in [6.07, 6.45) is 11.8. The normalized spacial score (nSPS) is 21.5. The lowest BCUT2D eigenvalue weighted by atomic mass is 9.89. The van der Waals surface area contributed by atoms with Crippen LogP contribution in [0.1, 0.15) is 61.9 Å². The van der Waals surface area contributed by atoms with Gasteiger partial charge in [0, 0.05) is 55.5 Å². The Morgan fingerprint density at radius 1 is 1.14 bits per heavy atom. The Bertz CT molecular complexity index is 1220. The Hall–Kier alpha value is -2.71. The van der Waals surface area contributed by atoms with Crippen LogP contribution >= 0.6 is 0 Å². The fraction of sp³-hybridized carbons (Fsp3) is 0.500. The van der Waals surface area contributed by atoms with Gasteiger partial charge in [0.25, 0.3) is 5.91 Å². The molecule has 2 aliphatic heterocycles. The first-order valence-corrected chi connectivity index (χ1v) is 14.7. The molecule has 7 nitrogen and oxygen atoms in total. The van der Waals surface area contributed by atoms with E-state index in [9.17, 15) is 18.0 Å². The van der Waals surface area contributed by atoms with Crippen molar-refractivity contribution in [1.29, 1.82) is 0 Å². The average Bonchev–Trinajstić information content (AvgIpc) is 2.83. The minimum absolute atomic E-state index is 0.0953. The summed E-state index contributed by atoms with van der Waals surface area (Å²) < 4.78 is 25.5. The number of sulfonamides is 1. The monoisotopic (exact) mass is 511 g/mol. The fourth-order valence-electron chi connectivity index (χ4n) is 5.61. The number of ketones is 1. The van der Waals surface area contributed by atoms with Gasteiger partial charge in [-0.15, -0.1) is 0 Å². The lowest BCUT2D eigenvalue weighted by molar-refractivity contribution is -0.115. The maximum absolute atomic E-state index is 13.4. The maximum atomic E-state index is 13.4. The third-order valence-corrected chi connectivity index (χ3v) is 8.76. The summed E-state index contributed by atoms with van der Waals surface area (Å²) in [6.45, 7) is 6.11. The van der Waals surface area contributed by atoms with Crippen LogP contribution in [-0.2, 0) is 21.2 Å². The number of piperidine rings is 1. The largest absolute Gasteiger partial charge is 0.368 e. The summed E-state index contributed by atoms with van der Waals surface area (Å²) >= 11 is 0. The van der Waals surface area contributed by atoms with Crippen molar-refractivity contribution in [2.45, 2.75) is 58.4 Å². The molecule has 0 spiro atoms. The van der Waals surface area contributed by atoms with Crippen molar-refractivity contribution in [3.05, 3.63) is 64.3 Å². The maximum Gasteiger partial charge on any atom is 0.251 e. The minimum atomic E-state index is -3.18. The number of hydrogen-bond acceptors (Lipinski definition) is 5. The molecule has 0 atom stereocenters. The molecule has 0 saturated carbocycles. The van der Waals surface area contributed by atoms with Crippen LogP contribution < -0.4 is 10.2 Å². The van der Waals surface area contributed by atoms with Crippen LogP contribution in [0.4, 0.5) is 5.69 Å². The van der Waals surface area contributed by atoms with E-state index in [1.165, 1.54) is 6.26 Å².